The summed E-state index contributed by atoms with van der Waals surface area (Å²) in [6, 6.07) is 0. The smallest absolute Gasteiger partial charge is 0.309 e. The van der Waals surface area contributed by atoms with E-state index >= 15 is 0 Å². The lowest BCUT2D eigenvalue weighted by molar-refractivity contribution is -0.139. The molecular formula is C14H20O2. The van der Waals surface area contributed by atoms with E-state index in [2.05, 4.69) is 13.0 Å². The van der Waals surface area contributed by atoms with Gasteiger partial charge in [-0.2, -0.15) is 0 Å². The normalized spacial score (nSPS) is 24.9. The minimum atomic E-state index is -0.0974. The highest BCUT2D eigenvalue weighted by atomic mass is 16.5. The van der Waals surface area contributed by atoms with Crippen molar-refractivity contribution < 1.29 is 9.53 Å². The van der Waals surface area contributed by atoms with E-state index in [-0.39, 0.29) is 5.97 Å². The van der Waals surface area contributed by atoms with Crippen molar-refractivity contribution in [2.24, 2.45) is 5.92 Å². The van der Waals surface area contributed by atoms with Gasteiger partial charge in [0.2, 0.25) is 0 Å². The van der Waals surface area contributed by atoms with Crippen LogP contribution in [0.2, 0.25) is 0 Å². The van der Waals surface area contributed by atoms with Crippen LogP contribution in [0, 0.1) is 5.92 Å². The maximum atomic E-state index is 11.4. The van der Waals surface area contributed by atoms with Crippen LogP contribution in [0.25, 0.3) is 0 Å². The van der Waals surface area contributed by atoms with Gasteiger partial charge in [-0.25, -0.2) is 0 Å². The summed E-state index contributed by atoms with van der Waals surface area (Å²) >= 11 is 0. The third kappa shape index (κ3) is 2.37. The van der Waals surface area contributed by atoms with Gasteiger partial charge in [-0.15, -0.1) is 0 Å². The maximum absolute atomic E-state index is 11.4. The number of methoxy groups -OCH3 is 1. The van der Waals surface area contributed by atoms with E-state index in [0.29, 0.717) is 12.3 Å². The van der Waals surface area contributed by atoms with E-state index in [1.54, 1.807) is 0 Å². The van der Waals surface area contributed by atoms with Gasteiger partial charge in [-0.1, -0.05) is 17.2 Å². The fraction of sp³-hybridized carbons (Fsp3) is 0.643. The third-order valence-electron chi connectivity index (χ3n) is 3.75. The highest BCUT2D eigenvalue weighted by molar-refractivity contribution is 5.73. The van der Waals surface area contributed by atoms with Crippen molar-refractivity contribution in [3.05, 3.63) is 22.8 Å². The molecule has 0 unspecified atom stereocenters. The van der Waals surface area contributed by atoms with Crippen LogP contribution < -0.4 is 0 Å². The summed E-state index contributed by atoms with van der Waals surface area (Å²) in [5, 5.41) is 0. The minimum Gasteiger partial charge on any atom is -0.469 e. The van der Waals surface area contributed by atoms with Crippen molar-refractivity contribution in [1.82, 2.24) is 0 Å². The predicted octanol–water partition coefficient (Wildman–Crippen LogP) is 3.39. The van der Waals surface area contributed by atoms with Crippen molar-refractivity contribution in [2.75, 3.05) is 7.11 Å². The standard InChI is InChI=1S/C14H20O2/c1-10-6-7-11-4-3-5-12(13(11)8-10)9-14(15)16-2/h8,11H,3-7,9H2,1-2H3/t11-/m1/s1. The van der Waals surface area contributed by atoms with Crippen LogP contribution in [0.15, 0.2) is 22.8 Å². The summed E-state index contributed by atoms with van der Waals surface area (Å²) in [5.41, 5.74) is 4.22. The molecule has 0 N–H and O–H groups in total. The summed E-state index contributed by atoms with van der Waals surface area (Å²) in [5.74, 6) is 0.608. The Morgan fingerprint density at radius 2 is 2.25 bits per heavy atom. The molecule has 0 aromatic heterocycles. The lowest BCUT2D eigenvalue weighted by Crippen LogP contribution is -2.17. The number of hydrogen-bond acceptors (Lipinski definition) is 2. The molecule has 0 spiro atoms. The number of carbonyl (C=O) groups excluding carboxylic acids is 1. The first-order valence-corrected chi connectivity index (χ1v) is 6.16. The Labute approximate surface area is 97.4 Å². The number of ether oxygens (including phenoxy) is 1. The van der Waals surface area contributed by atoms with E-state index in [1.165, 1.54) is 49.5 Å². The van der Waals surface area contributed by atoms with Crippen molar-refractivity contribution >= 4 is 5.97 Å². The SMILES string of the molecule is COC(=O)CC1=C2C=C(C)CC[C@H]2CCC1. The Morgan fingerprint density at radius 1 is 1.44 bits per heavy atom. The molecule has 88 valence electrons. The minimum absolute atomic E-state index is 0.0974. The van der Waals surface area contributed by atoms with Crippen LogP contribution in [0.4, 0.5) is 0 Å². The summed E-state index contributed by atoms with van der Waals surface area (Å²) in [6.07, 6.45) is 8.89. The van der Waals surface area contributed by atoms with Gasteiger partial charge in [0.15, 0.2) is 0 Å². The van der Waals surface area contributed by atoms with Gasteiger partial charge in [0.05, 0.1) is 13.5 Å². The molecule has 1 atom stereocenters. The topological polar surface area (TPSA) is 26.3 Å². The van der Waals surface area contributed by atoms with Crippen LogP contribution in [0.1, 0.15) is 45.4 Å². The van der Waals surface area contributed by atoms with Crippen LogP contribution in [0.3, 0.4) is 0 Å². The number of carbonyl (C=O) groups is 1. The first-order chi connectivity index (χ1) is 7.70. The van der Waals surface area contributed by atoms with Crippen LogP contribution >= 0.6 is 0 Å². The summed E-state index contributed by atoms with van der Waals surface area (Å²) in [4.78, 5) is 11.4. The second kappa shape index (κ2) is 4.86. The van der Waals surface area contributed by atoms with E-state index in [4.69, 9.17) is 4.74 Å². The number of hydrogen-bond donors (Lipinski definition) is 0. The maximum Gasteiger partial charge on any atom is 0.309 e. The number of esters is 1. The van der Waals surface area contributed by atoms with Gasteiger partial charge in [-0.3, -0.25) is 4.79 Å². The summed E-state index contributed by atoms with van der Waals surface area (Å²) in [7, 11) is 1.47. The van der Waals surface area contributed by atoms with E-state index in [1.807, 2.05) is 0 Å². The highest BCUT2D eigenvalue weighted by Gasteiger charge is 2.25. The molecule has 16 heavy (non-hydrogen) atoms. The van der Waals surface area contributed by atoms with E-state index in [0.717, 1.165) is 6.42 Å². The Morgan fingerprint density at radius 3 is 3.00 bits per heavy atom. The molecule has 2 heteroatoms. The predicted molar refractivity (Wildman–Crippen MR) is 64.0 cm³/mol. The largest absolute Gasteiger partial charge is 0.469 e. The molecule has 0 aliphatic heterocycles. The van der Waals surface area contributed by atoms with Crippen molar-refractivity contribution in [3.8, 4) is 0 Å². The Bertz CT molecular complexity index is 350. The van der Waals surface area contributed by atoms with Crippen LogP contribution in [0.5, 0.6) is 0 Å². The average molecular weight is 220 g/mol. The summed E-state index contributed by atoms with van der Waals surface area (Å²) in [6.45, 7) is 2.19. The average Bonchev–Trinajstić information content (AvgIpc) is 2.29. The molecule has 2 rings (SSSR count). The number of rotatable bonds is 2. The van der Waals surface area contributed by atoms with Gasteiger partial charge >= 0.3 is 5.97 Å². The molecule has 0 aromatic carbocycles. The van der Waals surface area contributed by atoms with Gasteiger partial charge in [0.1, 0.15) is 0 Å². The zero-order chi connectivity index (χ0) is 11.5. The first-order valence-electron chi connectivity index (χ1n) is 6.16. The molecule has 0 radical (unpaired) electrons. The second-order valence-electron chi connectivity index (χ2n) is 4.93. The number of allylic oxidation sites excluding steroid dienone is 3. The quantitative estimate of drug-likeness (QED) is 0.667. The Balaban J connectivity index is 2.24. The highest BCUT2D eigenvalue weighted by Crippen LogP contribution is 2.39. The molecule has 0 heterocycles. The van der Waals surface area contributed by atoms with Gasteiger partial charge in [0, 0.05) is 0 Å². The lowest BCUT2D eigenvalue weighted by Gasteiger charge is -2.30. The molecule has 0 saturated heterocycles. The molecule has 2 aliphatic carbocycles. The van der Waals surface area contributed by atoms with E-state index in [9.17, 15) is 4.79 Å². The Hall–Kier alpha value is -1.05. The molecule has 0 fully saturated rings. The lowest BCUT2D eigenvalue weighted by atomic mass is 9.75. The van der Waals surface area contributed by atoms with Crippen LogP contribution in [-0.2, 0) is 9.53 Å². The van der Waals surface area contributed by atoms with Gasteiger partial charge < -0.3 is 4.74 Å². The Kier molecular flexibility index (Phi) is 3.47. The fourth-order valence-electron chi connectivity index (χ4n) is 2.85. The molecular weight excluding hydrogens is 200 g/mol. The van der Waals surface area contributed by atoms with E-state index < -0.39 is 0 Å². The molecule has 0 bridgehead atoms. The zero-order valence-corrected chi connectivity index (χ0v) is 10.2. The second-order valence-corrected chi connectivity index (χ2v) is 4.93. The van der Waals surface area contributed by atoms with Gasteiger partial charge in [-0.05, 0) is 50.5 Å². The molecule has 0 aromatic rings. The zero-order valence-electron chi connectivity index (χ0n) is 10.2. The fourth-order valence-corrected chi connectivity index (χ4v) is 2.85. The molecule has 2 nitrogen and oxygen atoms in total. The molecule has 0 saturated carbocycles. The first kappa shape index (κ1) is 11.4. The van der Waals surface area contributed by atoms with Crippen LogP contribution in [-0.4, -0.2) is 13.1 Å². The summed E-state index contributed by atoms with van der Waals surface area (Å²) < 4.78 is 4.77. The monoisotopic (exact) mass is 220 g/mol. The van der Waals surface area contributed by atoms with Crippen molar-refractivity contribution in [3.63, 3.8) is 0 Å². The van der Waals surface area contributed by atoms with Gasteiger partial charge in [0.25, 0.3) is 0 Å². The van der Waals surface area contributed by atoms with Crippen molar-refractivity contribution in [1.29, 1.82) is 0 Å². The molecule has 0 amide bonds. The molecule has 2 aliphatic rings. The number of fused-ring (bicyclic) bond motifs is 1. The third-order valence-corrected chi connectivity index (χ3v) is 3.75. The van der Waals surface area contributed by atoms with Crippen molar-refractivity contribution in [2.45, 2.75) is 45.4 Å².